The molecule has 1 aromatic carbocycles. The van der Waals surface area contributed by atoms with Crippen molar-refractivity contribution in [3.8, 4) is 11.4 Å². The van der Waals surface area contributed by atoms with Gasteiger partial charge in [0.05, 0.1) is 17.1 Å². The Kier molecular flexibility index (Phi) is 2.11. The molecule has 4 rings (SSSR count). The fraction of sp³-hybridized carbons (Fsp3) is 0.0769. The largest absolute Gasteiger partial charge is 0.250 e. The first-order valence-corrected chi connectivity index (χ1v) is 6.02. The van der Waals surface area contributed by atoms with Crippen molar-refractivity contribution in [1.82, 2.24) is 29.4 Å². The van der Waals surface area contributed by atoms with E-state index in [4.69, 9.17) is 0 Å². The van der Waals surface area contributed by atoms with Crippen LogP contribution in [0.1, 0.15) is 0 Å². The minimum atomic E-state index is -0.348. The van der Waals surface area contributed by atoms with Gasteiger partial charge in [-0.25, -0.2) is 18.9 Å². The second-order valence-electron chi connectivity index (χ2n) is 4.43. The molecule has 0 amide bonds. The van der Waals surface area contributed by atoms with Gasteiger partial charge in [-0.3, -0.25) is 4.68 Å². The van der Waals surface area contributed by atoms with E-state index in [1.54, 1.807) is 42.5 Å². The zero-order chi connectivity index (χ0) is 13.7. The molecule has 3 heterocycles. The predicted molar refractivity (Wildman–Crippen MR) is 70.4 cm³/mol. The molecular weight excluding hydrogens is 259 g/mol. The molecule has 0 saturated heterocycles. The van der Waals surface area contributed by atoms with Gasteiger partial charge in [0.2, 0.25) is 0 Å². The molecule has 6 nitrogen and oxygen atoms in total. The van der Waals surface area contributed by atoms with E-state index in [2.05, 4.69) is 20.2 Å². The van der Waals surface area contributed by atoms with Crippen LogP contribution in [-0.4, -0.2) is 29.4 Å². The average molecular weight is 268 g/mol. The lowest BCUT2D eigenvalue weighted by atomic mass is 10.2. The fourth-order valence-electron chi connectivity index (χ4n) is 2.20. The second kappa shape index (κ2) is 3.83. The number of halogens is 1. The van der Waals surface area contributed by atoms with Gasteiger partial charge in [-0.05, 0) is 12.1 Å². The highest BCUT2D eigenvalue weighted by Crippen LogP contribution is 2.22. The van der Waals surface area contributed by atoms with Crippen LogP contribution in [0.3, 0.4) is 0 Å². The Hall–Kier alpha value is -2.83. The quantitative estimate of drug-likeness (QED) is 0.528. The minimum absolute atomic E-state index is 0.334. The minimum Gasteiger partial charge on any atom is -0.250 e. The van der Waals surface area contributed by atoms with Crippen molar-refractivity contribution in [2.45, 2.75) is 0 Å². The molecule has 0 bridgehead atoms. The number of aromatic nitrogens is 6. The van der Waals surface area contributed by atoms with E-state index >= 15 is 0 Å². The molecule has 0 aliphatic rings. The van der Waals surface area contributed by atoms with Crippen LogP contribution in [-0.2, 0) is 7.05 Å². The van der Waals surface area contributed by atoms with Gasteiger partial charge in [0.15, 0.2) is 17.1 Å². The van der Waals surface area contributed by atoms with Gasteiger partial charge in [0.1, 0.15) is 12.1 Å². The van der Waals surface area contributed by atoms with Crippen molar-refractivity contribution in [2.75, 3.05) is 0 Å². The van der Waals surface area contributed by atoms with Gasteiger partial charge in [-0.2, -0.15) is 5.10 Å². The molecule has 0 atom stereocenters. The van der Waals surface area contributed by atoms with Gasteiger partial charge in [-0.15, -0.1) is 5.10 Å². The lowest BCUT2D eigenvalue weighted by Gasteiger charge is -1.95. The third-order valence-corrected chi connectivity index (χ3v) is 3.18. The lowest BCUT2D eigenvalue weighted by molar-refractivity contribution is 0.630. The first-order valence-electron chi connectivity index (χ1n) is 6.02. The average Bonchev–Trinajstić information content (AvgIpc) is 3.03. The SMILES string of the molecule is Cn1ncc2c1ncn1nc(-c3ccccc3F)nc21. The predicted octanol–water partition coefficient (Wildman–Crippen LogP) is 1.82. The molecule has 0 saturated carbocycles. The van der Waals surface area contributed by atoms with Gasteiger partial charge < -0.3 is 0 Å². The molecule has 0 spiro atoms. The maximum atomic E-state index is 13.8. The molecule has 7 heteroatoms. The third kappa shape index (κ3) is 1.43. The normalized spacial score (nSPS) is 11.5. The van der Waals surface area contributed by atoms with Gasteiger partial charge >= 0.3 is 0 Å². The zero-order valence-corrected chi connectivity index (χ0v) is 10.5. The van der Waals surface area contributed by atoms with Gasteiger partial charge in [0, 0.05) is 7.05 Å². The van der Waals surface area contributed by atoms with Gasteiger partial charge in [0.25, 0.3) is 0 Å². The van der Waals surface area contributed by atoms with Crippen molar-refractivity contribution < 1.29 is 4.39 Å². The smallest absolute Gasteiger partial charge is 0.185 e. The van der Waals surface area contributed by atoms with Crippen molar-refractivity contribution in [2.24, 2.45) is 7.05 Å². The summed E-state index contributed by atoms with van der Waals surface area (Å²) in [6.45, 7) is 0. The van der Waals surface area contributed by atoms with E-state index in [0.29, 0.717) is 22.7 Å². The molecule has 20 heavy (non-hydrogen) atoms. The topological polar surface area (TPSA) is 60.9 Å². The van der Waals surface area contributed by atoms with Crippen LogP contribution in [0, 0.1) is 5.82 Å². The maximum absolute atomic E-state index is 13.8. The Morgan fingerprint density at radius 3 is 2.85 bits per heavy atom. The van der Waals surface area contributed by atoms with Crippen LogP contribution in [0.5, 0.6) is 0 Å². The second-order valence-corrected chi connectivity index (χ2v) is 4.43. The molecule has 0 radical (unpaired) electrons. The summed E-state index contributed by atoms with van der Waals surface area (Å²) in [5, 5.41) is 9.20. The Balaban J connectivity index is 2.04. The summed E-state index contributed by atoms with van der Waals surface area (Å²) in [5.41, 5.74) is 1.69. The van der Waals surface area contributed by atoms with Crippen LogP contribution in [0.15, 0.2) is 36.8 Å². The summed E-state index contributed by atoms with van der Waals surface area (Å²) >= 11 is 0. The molecule has 0 unspecified atom stereocenters. The van der Waals surface area contributed by atoms with Crippen molar-refractivity contribution in [3.63, 3.8) is 0 Å². The highest BCUT2D eigenvalue weighted by atomic mass is 19.1. The number of aryl methyl sites for hydroxylation is 1. The maximum Gasteiger partial charge on any atom is 0.185 e. The number of benzene rings is 1. The Morgan fingerprint density at radius 2 is 2.00 bits per heavy atom. The van der Waals surface area contributed by atoms with E-state index in [1.807, 2.05) is 0 Å². The molecular formula is C13H9FN6. The van der Waals surface area contributed by atoms with Crippen LogP contribution in [0.4, 0.5) is 4.39 Å². The molecule has 0 fully saturated rings. The van der Waals surface area contributed by atoms with E-state index in [0.717, 1.165) is 5.39 Å². The highest BCUT2D eigenvalue weighted by Gasteiger charge is 2.14. The summed E-state index contributed by atoms with van der Waals surface area (Å²) < 4.78 is 17.0. The number of hydrogen-bond acceptors (Lipinski definition) is 4. The Morgan fingerprint density at radius 1 is 1.15 bits per heavy atom. The third-order valence-electron chi connectivity index (χ3n) is 3.18. The van der Waals surface area contributed by atoms with E-state index < -0.39 is 0 Å². The fourth-order valence-corrected chi connectivity index (χ4v) is 2.20. The first kappa shape index (κ1) is 11.0. The molecule has 4 aromatic rings. The van der Waals surface area contributed by atoms with Crippen molar-refractivity contribution in [3.05, 3.63) is 42.6 Å². The molecule has 0 aliphatic carbocycles. The monoisotopic (exact) mass is 268 g/mol. The number of fused-ring (bicyclic) bond motifs is 3. The number of hydrogen-bond donors (Lipinski definition) is 0. The zero-order valence-electron chi connectivity index (χ0n) is 10.5. The van der Waals surface area contributed by atoms with Crippen molar-refractivity contribution >= 4 is 16.7 Å². The molecule has 0 N–H and O–H groups in total. The molecule has 98 valence electrons. The summed E-state index contributed by atoms with van der Waals surface area (Å²) in [6, 6.07) is 6.43. The lowest BCUT2D eigenvalue weighted by Crippen LogP contribution is -1.94. The van der Waals surface area contributed by atoms with E-state index in [9.17, 15) is 4.39 Å². The van der Waals surface area contributed by atoms with E-state index in [-0.39, 0.29) is 5.82 Å². The van der Waals surface area contributed by atoms with E-state index in [1.165, 1.54) is 10.6 Å². The first-order chi connectivity index (χ1) is 9.74. The van der Waals surface area contributed by atoms with Crippen LogP contribution < -0.4 is 0 Å². The Labute approximate surface area is 112 Å². The van der Waals surface area contributed by atoms with Crippen LogP contribution >= 0.6 is 0 Å². The standard InChI is InChI=1S/C13H9FN6/c1-19-12-9(6-16-19)13-17-11(18-20(13)7-15-12)8-4-2-3-5-10(8)14/h2-7H,1H3. The summed E-state index contributed by atoms with van der Waals surface area (Å²) in [5.74, 6) is -0.0138. The van der Waals surface area contributed by atoms with Crippen molar-refractivity contribution in [1.29, 1.82) is 0 Å². The highest BCUT2D eigenvalue weighted by molar-refractivity contribution is 5.88. The Bertz CT molecular complexity index is 938. The number of nitrogens with zero attached hydrogens (tertiary/aromatic N) is 6. The van der Waals surface area contributed by atoms with Gasteiger partial charge in [-0.1, -0.05) is 12.1 Å². The molecule has 0 aliphatic heterocycles. The summed E-state index contributed by atoms with van der Waals surface area (Å²) in [7, 11) is 1.81. The summed E-state index contributed by atoms with van der Waals surface area (Å²) in [4.78, 5) is 8.67. The van der Waals surface area contributed by atoms with Crippen LogP contribution in [0.25, 0.3) is 28.1 Å². The number of rotatable bonds is 1. The summed E-state index contributed by atoms with van der Waals surface area (Å²) in [6.07, 6.45) is 3.23. The molecule has 3 aromatic heterocycles. The van der Waals surface area contributed by atoms with Crippen LogP contribution in [0.2, 0.25) is 0 Å².